The molecule has 1 rings (SSSR count). The Kier molecular flexibility index (Phi) is 4.84. The molecule has 0 aliphatic carbocycles. The van der Waals surface area contributed by atoms with Crippen molar-refractivity contribution in [2.24, 2.45) is 10.9 Å². The highest BCUT2D eigenvalue weighted by Crippen LogP contribution is 2.16. The number of nitrogens with two attached hydrogens (primary N) is 1. The highest BCUT2D eigenvalue weighted by Gasteiger charge is 2.26. The van der Waals surface area contributed by atoms with Crippen molar-refractivity contribution in [3.05, 3.63) is 0 Å². The van der Waals surface area contributed by atoms with E-state index in [4.69, 9.17) is 15.7 Å². The van der Waals surface area contributed by atoms with Crippen LogP contribution in [0.3, 0.4) is 0 Å². The number of nitrogens with zero attached hydrogens (tertiary/aromatic N) is 2. The molecule has 0 spiro atoms. The van der Waals surface area contributed by atoms with Gasteiger partial charge in [0.05, 0.1) is 6.04 Å². The summed E-state index contributed by atoms with van der Waals surface area (Å²) in [6.07, 6.45) is 2.89. The second kappa shape index (κ2) is 5.92. The fourth-order valence-electron chi connectivity index (χ4n) is 2.12. The van der Waals surface area contributed by atoms with Gasteiger partial charge in [0.25, 0.3) is 0 Å². The molecule has 5 heteroatoms. The molecule has 0 radical (unpaired) electrons. The van der Waals surface area contributed by atoms with Gasteiger partial charge in [0.2, 0.25) is 0 Å². The molecule has 0 amide bonds. The molecule has 1 unspecified atom stereocenters. The van der Waals surface area contributed by atoms with Crippen molar-refractivity contribution in [2.45, 2.75) is 38.3 Å². The molecule has 1 aliphatic heterocycles. The van der Waals surface area contributed by atoms with Crippen molar-refractivity contribution >= 4 is 5.84 Å². The summed E-state index contributed by atoms with van der Waals surface area (Å²) in [6.45, 7) is 3.65. The molecule has 3 N–H and O–H groups in total. The Balaban J connectivity index is 2.58. The average molecular weight is 215 g/mol. The summed E-state index contributed by atoms with van der Waals surface area (Å²) in [5, 5.41) is 11.8. The van der Waals surface area contributed by atoms with Gasteiger partial charge in [0, 0.05) is 19.3 Å². The molecule has 88 valence electrons. The van der Waals surface area contributed by atoms with Gasteiger partial charge in [-0.3, -0.25) is 4.90 Å². The Hall–Kier alpha value is -0.810. The predicted octanol–water partition coefficient (Wildman–Crippen LogP) is 0.622. The smallest absolute Gasteiger partial charge is 0.156 e. The second-order valence-electron chi connectivity index (χ2n) is 3.96. The van der Waals surface area contributed by atoms with E-state index in [0.717, 1.165) is 32.5 Å². The van der Waals surface area contributed by atoms with Gasteiger partial charge in [0.1, 0.15) is 0 Å². The van der Waals surface area contributed by atoms with Gasteiger partial charge in [-0.15, -0.1) is 0 Å². The minimum atomic E-state index is 0.0260. The average Bonchev–Trinajstić information content (AvgIpc) is 2.30. The minimum absolute atomic E-state index is 0.0260. The van der Waals surface area contributed by atoms with Crippen LogP contribution in [0.5, 0.6) is 0 Å². The van der Waals surface area contributed by atoms with E-state index in [9.17, 15) is 0 Å². The molecule has 1 saturated heterocycles. The number of ether oxygens (including phenoxy) is 1. The summed E-state index contributed by atoms with van der Waals surface area (Å²) >= 11 is 0. The van der Waals surface area contributed by atoms with Crippen LogP contribution in [0.25, 0.3) is 0 Å². The van der Waals surface area contributed by atoms with E-state index >= 15 is 0 Å². The second-order valence-corrected chi connectivity index (χ2v) is 3.96. The van der Waals surface area contributed by atoms with Gasteiger partial charge in [-0.05, 0) is 26.3 Å². The van der Waals surface area contributed by atoms with E-state index in [1.54, 1.807) is 0 Å². The Bertz CT molecular complexity index is 215. The number of likely N-dealkylation sites (N-methyl/N-ethyl adjacent to an activating group) is 1. The molecule has 1 fully saturated rings. The highest BCUT2D eigenvalue weighted by molar-refractivity contribution is 5.85. The monoisotopic (exact) mass is 215 g/mol. The molecule has 15 heavy (non-hydrogen) atoms. The maximum Gasteiger partial charge on any atom is 0.156 e. The fourth-order valence-corrected chi connectivity index (χ4v) is 2.12. The van der Waals surface area contributed by atoms with E-state index in [0.29, 0.717) is 11.9 Å². The molecular weight excluding hydrogens is 194 g/mol. The normalized spacial score (nSPS) is 21.9. The number of oxime groups is 1. The molecule has 1 aliphatic rings. The van der Waals surface area contributed by atoms with Crippen LogP contribution >= 0.6 is 0 Å². The first-order valence-electron chi connectivity index (χ1n) is 5.47. The zero-order valence-electron chi connectivity index (χ0n) is 9.52. The van der Waals surface area contributed by atoms with E-state index in [-0.39, 0.29) is 6.04 Å². The molecule has 5 nitrogen and oxygen atoms in total. The van der Waals surface area contributed by atoms with Crippen LogP contribution < -0.4 is 5.73 Å². The van der Waals surface area contributed by atoms with Crippen molar-refractivity contribution < 1.29 is 9.94 Å². The molecule has 0 aromatic carbocycles. The van der Waals surface area contributed by atoms with Crippen molar-refractivity contribution in [1.29, 1.82) is 0 Å². The van der Waals surface area contributed by atoms with Gasteiger partial charge >= 0.3 is 0 Å². The third-order valence-electron chi connectivity index (χ3n) is 3.10. The maximum atomic E-state index is 8.70. The molecule has 0 bridgehead atoms. The number of amidine groups is 1. The van der Waals surface area contributed by atoms with Crippen LogP contribution in [-0.2, 0) is 4.74 Å². The standard InChI is InChI=1S/C10H21N3O2/c1-3-9(10(11)12-14)13(2)8-4-6-15-7-5-8/h8-9,14H,3-7H2,1-2H3,(H2,11,12). The Morgan fingerprint density at radius 3 is 2.67 bits per heavy atom. The molecule has 0 aromatic rings. The molecule has 1 atom stereocenters. The third-order valence-corrected chi connectivity index (χ3v) is 3.10. The lowest BCUT2D eigenvalue weighted by molar-refractivity contribution is 0.0363. The molecule has 0 saturated carbocycles. The lowest BCUT2D eigenvalue weighted by atomic mass is 10.0. The van der Waals surface area contributed by atoms with Crippen LogP contribution in [0.1, 0.15) is 26.2 Å². The zero-order valence-corrected chi connectivity index (χ0v) is 9.52. The topological polar surface area (TPSA) is 71.1 Å². The SMILES string of the molecule is CCC(C(N)=NO)N(C)C1CCOCC1. The van der Waals surface area contributed by atoms with E-state index in [1.807, 2.05) is 14.0 Å². The van der Waals surface area contributed by atoms with Gasteiger partial charge < -0.3 is 15.7 Å². The van der Waals surface area contributed by atoms with E-state index in [1.165, 1.54) is 0 Å². The van der Waals surface area contributed by atoms with E-state index < -0.39 is 0 Å². The zero-order chi connectivity index (χ0) is 11.3. The number of hydrogen-bond acceptors (Lipinski definition) is 4. The molecular formula is C10H21N3O2. The predicted molar refractivity (Wildman–Crippen MR) is 59.1 cm³/mol. The summed E-state index contributed by atoms with van der Waals surface area (Å²) in [4.78, 5) is 2.19. The van der Waals surface area contributed by atoms with Crippen LogP contribution in [0.4, 0.5) is 0 Å². The van der Waals surface area contributed by atoms with Gasteiger partial charge in [0.15, 0.2) is 5.84 Å². The molecule has 0 aromatic heterocycles. The number of hydrogen-bond donors (Lipinski definition) is 2. The van der Waals surface area contributed by atoms with Gasteiger partial charge in [-0.2, -0.15) is 0 Å². The van der Waals surface area contributed by atoms with Crippen LogP contribution in [-0.4, -0.2) is 48.3 Å². The van der Waals surface area contributed by atoms with Crippen LogP contribution in [0, 0.1) is 0 Å². The van der Waals surface area contributed by atoms with Crippen molar-refractivity contribution in [3.8, 4) is 0 Å². The first kappa shape index (κ1) is 12.3. The first-order chi connectivity index (χ1) is 7.20. The first-order valence-corrected chi connectivity index (χ1v) is 5.47. The summed E-state index contributed by atoms with van der Waals surface area (Å²) in [5.41, 5.74) is 5.66. The lowest BCUT2D eigenvalue weighted by Gasteiger charge is -2.36. The lowest BCUT2D eigenvalue weighted by Crippen LogP contribution is -2.49. The molecule has 1 heterocycles. The van der Waals surface area contributed by atoms with Crippen molar-refractivity contribution in [1.82, 2.24) is 4.90 Å². The quantitative estimate of drug-likeness (QED) is 0.312. The largest absolute Gasteiger partial charge is 0.409 e. The van der Waals surface area contributed by atoms with Crippen molar-refractivity contribution in [3.63, 3.8) is 0 Å². The minimum Gasteiger partial charge on any atom is -0.409 e. The summed E-state index contributed by atoms with van der Waals surface area (Å²) in [5.74, 6) is 0.298. The summed E-state index contributed by atoms with van der Waals surface area (Å²) in [7, 11) is 2.03. The summed E-state index contributed by atoms with van der Waals surface area (Å²) in [6, 6.07) is 0.502. The Morgan fingerprint density at radius 1 is 1.60 bits per heavy atom. The third kappa shape index (κ3) is 3.07. The van der Waals surface area contributed by atoms with Gasteiger partial charge in [-0.1, -0.05) is 12.1 Å². The Labute approximate surface area is 90.9 Å². The maximum absolute atomic E-state index is 8.70. The van der Waals surface area contributed by atoms with Crippen LogP contribution in [0.15, 0.2) is 5.16 Å². The number of rotatable bonds is 4. The Morgan fingerprint density at radius 2 is 2.20 bits per heavy atom. The summed E-state index contributed by atoms with van der Waals surface area (Å²) < 4.78 is 5.31. The van der Waals surface area contributed by atoms with E-state index in [2.05, 4.69) is 10.1 Å². The van der Waals surface area contributed by atoms with Crippen LogP contribution in [0.2, 0.25) is 0 Å². The van der Waals surface area contributed by atoms with Gasteiger partial charge in [-0.25, -0.2) is 0 Å². The highest BCUT2D eigenvalue weighted by atomic mass is 16.5. The fraction of sp³-hybridized carbons (Fsp3) is 0.900. The van der Waals surface area contributed by atoms with Crippen molar-refractivity contribution in [2.75, 3.05) is 20.3 Å².